The van der Waals surface area contributed by atoms with Crippen molar-refractivity contribution in [1.82, 2.24) is 19.5 Å². The van der Waals surface area contributed by atoms with Crippen molar-refractivity contribution in [1.29, 1.82) is 0 Å². The van der Waals surface area contributed by atoms with Crippen LogP contribution in [0, 0.1) is 0 Å². The van der Waals surface area contributed by atoms with Crippen molar-refractivity contribution in [2.75, 3.05) is 0 Å². The molecule has 15 rings (SSSR count). The Labute approximate surface area is 391 Å². The van der Waals surface area contributed by atoms with E-state index in [1.54, 1.807) is 0 Å². The number of benzene rings is 10. The van der Waals surface area contributed by atoms with Gasteiger partial charge in [0.2, 0.25) is 0 Å². The molecule has 0 fully saturated rings. The van der Waals surface area contributed by atoms with Crippen molar-refractivity contribution in [3.05, 3.63) is 206 Å². The molecule has 15 aromatic rings. The van der Waals surface area contributed by atoms with Crippen LogP contribution in [0.5, 0.6) is 0 Å². The van der Waals surface area contributed by atoms with Gasteiger partial charge in [-0.05, 0) is 94.7 Å². The number of aromatic nitrogens is 4. The fourth-order valence-corrected chi connectivity index (χ4v) is 11.7. The van der Waals surface area contributed by atoms with Gasteiger partial charge in [0.25, 0.3) is 0 Å². The molecule has 10 aromatic carbocycles. The lowest BCUT2D eigenvalue weighted by Gasteiger charge is -2.16. The zero-order chi connectivity index (χ0) is 44.5. The minimum absolute atomic E-state index is 0.517. The molecular weight excluding hydrogens is 853 g/mol. The van der Waals surface area contributed by atoms with Crippen LogP contribution in [0.15, 0.2) is 215 Å². The summed E-state index contributed by atoms with van der Waals surface area (Å²) in [6.07, 6.45) is 0. The molecule has 0 aliphatic heterocycles. The molecule has 0 N–H and O–H groups in total. The van der Waals surface area contributed by atoms with Gasteiger partial charge in [-0.1, -0.05) is 133 Å². The number of fused-ring (bicyclic) bond motifs is 13. The van der Waals surface area contributed by atoms with Crippen molar-refractivity contribution in [2.45, 2.75) is 0 Å². The van der Waals surface area contributed by atoms with E-state index in [9.17, 15) is 0 Å². The van der Waals surface area contributed by atoms with E-state index in [0.717, 1.165) is 88.4 Å². The fraction of sp³-hybridized carbons (Fsp3) is 0. The van der Waals surface area contributed by atoms with Crippen LogP contribution in [-0.2, 0) is 0 Å². The van der Waals surface area contributed by atoms with Crippen molar-refractivity contribution >= 4 is 108 Å². The summed E-state index contributed by atoms with van der Waals surface area (Å²) in [5, 5.41) is 11.3. The van der Waals surface area contributed by atoms with Crippen LogP contribution in [0.1, 0.15) is 0 Å². The van der Waals surface area contributed by atoms with Gasteiger partial charge in [-0.15, -0.1) is 11.3 Å². The Morgan fingerprint density at radius 3 is 1.85 bits per heavy atom. The van der Waals surface area contributed by atoms with Gasteiger partial charge < -0.3 is 13.4 Å². The first-order valence-corrected chi connectivity index (χ1v) is 23.6. The molecule has 0 aliphatic carbocycles. The van der Waals surface area contributed by atoms with Gasteiger partial charge in [0.05, 0.1) is 16.6 Å². The normalized spacial score (nSPS) is 12.1. The molecule has 316 valence electrons. The van der Waals surface area contributed by atoms with Gasteiger partial charge >= 0.3 is 0 Å². The van der Waals surface area contributed by atoms with Gasteiger partial charge in [0.15, 0.2) is 17.5 Å². The molecule has 5 heterocycles. The summed E-state index contributed by atoms with van der Waals surface area (Å²) < 4.78 is 17.9. The molecule has 68 heavy (non-hydrogen) atoms. The van der Waals surface area contributed by atoms with Crippen LogP contribution in [0.2, 0.25) is 0 Å². The standard InChI is InChI=1S/C61H34N4O2S/c1-2-14-36-32-51-49(31-35(36)13-1)39-15-3-7-22-50(39)65(51)38-28-30-44(48(34-38)37-27-29-42-41-17-6-10-26-55(41)68-56(42)33-37)59-62-60(46-20-12-25-54-57(46)45-18-5-9-24-53(45)66-54)64-61(63-59)47-21-11-19-43-40-16-4-8-23-52(40)67-58(43)47/h1-34H. The van der Waals surface area contributed by atoms with Crippen LogP contribution in [0.25, 0.3) is 148 Å². The number of hydrogen-bond acceptors (Lipinski definition) is 6. The van der Waals surface area contributed by atoms with E-state index in [1.807, 2.05) is 65.9 Å². The highest BCUT2D eigenvalue weighted by Gasteiger charge is 2.23. The molecule has 0 bridgehead atoms. The monoisotopic (exact) mass is 886 g/mol. The van der Waals surface area contributed by atoms with Crippen molar-refractivity contribution in [3.8, 4) is 51.0 Å². The second-order valence-corrected chi connectivity index (χ2v) is 18.6. The topological polar surface area (TPSA) is 69.9 Å². The minimum Gasteiger partial charge on any atom is -0.456 e. The molecular formula is C61H34N4O2S. The van der Waals surface area contributed by atoms with Gasteiger partial charge in [-0.25, -0.2) is 15.0 Å². The third-order valence-electron chi connectivity index (χ3n) is 13.7. The minimum atomic E-state index is 0.517. The molecule has 0 radical (unpaired) electrons. The maximum absolute atomic E-state index is 6.64. The summed E-state index contributed by atoms with van der Waals surface area (Å²) in [6, 6.07) is 72.8. The average molecular weight is 887 g/mol. The van der Waals surface area contributed by atoms with Gasteiger partial charge in [0.1, 0.15) is 22.3 Å². The first-order chi connectivity index (χ1) is 33.7. The summed E-state index contributed by atoms with van der Waals surface area (Å²) >= 11 is 1.82. The maximum atomic E-state index is 6.64. The molecule has 0 aliphatic rings. The Morgan fingerprint density at radius 2 is 0.985 bits per heavy atom. The highest BCUT2D eigenvalue weighted by atomic mass is 32.1. The first kappa shape index (κ1) is 37.3. The van der Waals surface area contributed by atoms with Crippen LogP contribution in [0.3, 0.4) is 0 Å². The van der Waals surface area contributed by atoms with Crippen molar-refractivity contribution in [3.63, 3.8) is 0 Å². The van der Waals surface area contributed by atoms with E-state index in [1.165, 1.54) is 41.7 Å². The van der Waals surface area contributed by atoms with Crippen molar-refractivity contribution in [2.24, 2.45) is 0 Å². The van der Waals surface area contributed by atoms with Gasteiger partial charge in [-0.3, -0.25) is 0 Å². The smallest absolute Gasteiger partial charge is 0.167 e. The Kier molecular flexibility index (Phi) is 7.85. The first-order valence-electron chi connectivity index (χ1n) is 22.7. The molecule has 0 amide bonds. The van der Waals surface area contributed by atoms with E-state index in [4.69, 9.17) is 23.8 Å². The average Bonchev–Trinajstić information content (AvgIpc) is 4.16. The maximum Gasteiger partial charge on any atom is 0.167 e. The largest absolute Gasteiger partial charge is 0.456 e. The number of nitrogens with zero attached hydrogens (tertiary/aromatic N) is 4. The Balaban J connectivity index is 1.03. The van der Waals surface area contributed by atoms with E-state index < -0.39 is 0 Å². The number of rotatable bonds is 5. The number of hydrogen-bond donors (Lipinski definition) is 0. The van der Waals surface area contributed by atoms with Crippen LogP contribution >= 0.6 is 11.3 Å². The zero-order valence-electron chi connectivity index (χ0n) is 36.1. The molecule has 0 saturated carbocycles. The molecule has 0 atom stereocenters. The van der Waals surface area contributed by atoms with E-state index in [0.29, 0.717) is 17.5 Å². The number of para-hydroxylation sites is 4. The van der Waals surface area contributed by atoms with E-state index >= 15 is 0 Å². The lowest BCUT2D eigenvalue weighted by Crippen LogP contribution is -2.02. The summed E-state index contributed by atoms with van der Waals surface area (Å²) in [7, 11) is 0. The summed E-state index contributed by atoms with van der Waals surface area (Å²) in [4.78, 5) is 16.3. The van der Waals surface area contributed by atoms with Gasteiger partial charge in [0, 0.05) is 69.3 Å². The fourth-order valence-electron chi connectivity index (χ4n) is 10.6. The van der Waals surface area contributed by atoms with Crippen LogP contribution < -0.4 is 0 Å². The SMILES string of the molecule is c1ccc2cc3c(cc2c1)c1ccccc1n3-c1ccc(-c2nc(-c3cccc4c3oc3ccccc34)nc(-c3cccc4oc5ccccc5c34)n2)c(-c2ccc3c(c2)sc2ccccc23)c1. The van der Waals surface area contributed by atoms with Crippen molar-refractivity contribution < 1.29 is 8.83 Å². The van der Waals surface area contributed by atoms with E-state index in [-0.39, 0.29) is 0 Å². The molecule has 6 nitrogen and oxygen atoms in total. The Morgan fingerprint density at radius 1 is 0.353 bits per heavy atom. The Bertz CT molecular complexity index is 4590. The molecule has 0 unspecified atom stereocenters. The Hall–Kier alpha value is -8.91. The summed E-state index contributed by atoms with van der Waals surface area (Å²) in [6.45, 7) is 0. The predicted octanol–water partition coefficient (Wildman–Crippen LogP) is 17.0. The van der Waals surface area contributed by atoms with Crippen LogP contribution in [0.4, 0.5) is 0 Å². The lowest BCUT2D eigenvalue weighted by atomic mass is 9.97. The molecule has 5 aromatic heterocycles. The molecule has 0 spiro atoms. The predicted molar refractivity (Wildman–Crippen MR) is 281 cm³/mol. The molecule has 7 heteroatoms. The summed E-state index contributed by atoms with van der Waals surface area (Å²) in [5.41, 5.74) is 11.0. The lowest BCUT2D eigenvalue weighted by molar-refractivity contribution is 0.668. The quantitative estimate of drug-likeness (QED) is 0.172. The highest BCUT2D eigenvalue weighted by Crippen LogP contribution is 2.44. The zero-order valence-corrected chi connectivity index (χ0v) is 37.0. The third-order valence-corrected chi connectivity index (χ3v) is 14.8. The molecule has 0 saturated heterocycles. The number of furan rings is 2. The highest BCUT2D eigenvalue weighted by molar-refractivity contribution is 7.25. The number of thiophene rings is 1. The van der Waals surface area contributed by atoms with E-state index in [2.05, 4.69) is 156 Å². The third kappa shape index (κ3) is 5.54. The van der Waals surface area contributed by atoms with Crippen LogP contribution in [-0.4, -0.2) is 19.5 Å². The second-order valence-electron chi connectivity index (χ2n) is 17.5. The van der Waals surface area contributed by atoms with Gasteiger partial charge in [-0.2, -0.15) is 0 Å². The second kappa shape index (κ2) is 14.3. The summed E-state index contributed by atoms with van der Waals surface area (Å²) in [5.74, 6) is 1.61.